The van der Waals surface area contributed by atoms with Gasteiger partial charge < -0.3 is 34.1 Å². The number of esters is 1. The molecule has 0 aliphatic carbocycles. The quantitative estimate of drug-likeness (QED) is 0.247. The number of cyclic esters (lactones) is 1. The highest BCUT2D eigenvalue weighted by Crippen LogP contribution is 2.45. The third-order valence-corrected chi connectivity index (χ3v) is 9.68. The lowest BCUT2D eigenvalue weighted by Gasteiger charge is -2.44. The third-order valence-electron chi connectivity index (χ3n) is 9.68. The Hall–Kier alpha value is -1.95. The van der Waals surface area contributed by atoms with Crippen LogP contribution in [0.25, 0.3) is 0 Å². The first-order valence-corrected chi connectivity index (χ1v) is 16.2. The number of allylic oxidation sites excluding steroid dienone is 3. The SMILES string of the molecule is CCC1OC(=O)CC(O)C(C)C(OC2OC(C)CC(N(C)C)C2O)C(C/C=C/C(C)=O)CC(C)C(=O)/C=C/C2(C)OC2C1C. The number of fused-ring (bicyclic) bond motifs is 1. The van der Waals surface area contributed by atoms with E-state index in [1.165, 1.54) is 13.0 Å². The minimum atomic E-state index is -1.14. The number of hydrogen-bond donors (Lipinski definition) is 2. The molecule has 0 radical (unpaired) electrons. The van der Waals surface area contributed by atoms with Gasteiger partial charge in [-0.1, -0.05) is 33.8 Å². The smallest absolute Gasteiger partial charge is 0.308 e. The normalized spacial score (nSPS) is 43.5. The average Bonchev–Trinajstić information content (AvgIpc) is 3.63. The van der Waals surface area contributed by atoms with Crippen molar-refractivity contribution in [2.45, 2.75) is 135 Å². The molecule has 2 fully saturated rings. The molecule has 13 atom stereocenters. The van der Waals surface area contributed by atoms with Crippen LogP contribution in [0.1, 0.15) is 80.6 Å². The van der Waals surface area contributed by atoms with Crippen molar-refractivity contribution < 1.29 is 43.5 Å². The number of carbonyl (C=O) groups is 3. The zero-order valence-corrected chi connectivity index (χ0v) is 28.0. The number of hydrogen-bond acceptors (Lipinski definition) is 10. The maximum Gasteiger partial charge on any atom is 0.308 e. The first-order chi connectivity index (χ1) is 20.6. The summed E-state index contributed by atoms with van der Waals surface area (Å²) in [4.78, 5) is 40.2. The van der Waals surface area contributed by atoms with Gasteiger partial charge in [-0.05, 0) is 84.7 Å². The molecule has 0 spiro atoms. The van der Waals surface area contributed by atoms with Crippen LogP contribution in [0.3, 0.4) is 0 Å². The third kappa shape index (κ3) is 9.30. The molecule has 0 amide bonds. The van der Waals surface area contributed by atoms with E-state index in [0.717, 1.165) is 0 Å². The molecule has 2 N–H and O–H groups in total. The summed E-state index contributed by atoms with van der Waals surface area (Å²) in [6.07, 6.45) is 3.66. The van der Waals surface area contributed by atoms with Crippen LogP contribution in [-0.2, 0) is 33.3 Å². The molecular weight excluding hydrogens is 566 g/mol. The van der Waals surface area contributed by atoms with Crippen molar-refractivity contribution in [1.29, 1.82) is 0 Å². The van der Waals surface area contributed by atoms with Crippen molar-refractivity contribution in [3.8, 4) is 0 Å². The Bertz CT molecular complexity index is 1060. The van der Waals surface area contributed by atoms with Gasteiger partial charge in [0.05, 0.1) is 30.8 Å². The van der Waals surface area contributed by atoms with Gasteiger partial charge in [0.25, 0.3) is 0 Å². The molecule has 2 saturated heterocycles. The van der Waals surface area contributed by atoms with Gasteiger partial charge in [0.1, 0.15) is 17.8 Å². The standard InChI is InChI=1S/C34H55NO9/c1-10-28-23(6)32-34(7,44-32)15-14-26(37)19(2)16-24(13-11-12-20(3)36)31(22(5)27(38)18-29(39)42-28)43-33-30(40)25(35(8)9)17-21(4)41-33/h11-12,14-15,19,21-25,27-28,30-33,38,40H,10,13,16-18H2,1-9H3/b12-11+,15-14+. The molecule has 0 saturated carbocycles. The van der Waals surface area contributed by atoms with Crippen molar-refractivity contribution >= 4 is 17.5 Å². The monoisotopic (exact) mass is 621 g/mol. The van der Waals surface area contributed by atoms with Gasteiger partial charge in [-0.2, -0.15) is 0 Å². The fraction of sp³-hybridized carbons (Fsp3) is 0.794. The maximum absolute atomic E-state index is 13.4. The Labute approximate surface area is 263 Å². The van der Waals surface area contributed by atoms with E-state index in [9.17, 15) is 24.6 Å². The fourth-order valence-electron chi connectivity index (χ4n) is 6.78. The second-order valence-electron chi connectivity index (χ2n) is 13.7. The summed E-state index contributed by atoms with van der Waals surface area (Å²) in [6.45, 7) is 12.9. The summed E-state index contributed by atoms with van der Waals surface area (Å²) >= 11 is 0. The fourth-order valence-corrected chi connectivity index (χ4v) is 6.78. The first-order valence-electron chi connectivity index (χ1n) is 16.2. The Balaban J connectivity index is 2.01. The summed E-state index contributed by atoms with van der Waals surface area (Å²) in [5, 5.41) is 22.7. The van der Waals surface area contributed by atoms with Crippen LogP contribution in [0.4, 0.5) is 0 Å². The molecule has 3 aliphatic heterocycles. The number of carbonyl (C=O) groups excluding carboxylic acids is 3. The van der Waals surface area contributed by atoms with Gasteiger partial charge >= 0.3 is 5.97 Å². The molecular formula is C34H55NO9. The highest BCUT2D eigenvalue weighted by atomic mass is 16.7. The summed E-state index contributed by atoms with van der Waals surface area (Å²) in [6, 6.07) is -0.213. The summed E-state index contributed by atoms with van der Waals surface area (Å²) in [5.41, 5.74) is -0.636. The topological polar surface area (TPSA) is 135 Å². The lowest BCUT2D eigenvalue weighted by Crippen LogP contribution is -2.56. The Morgan fingerprint density at radius 1 is 1.14 bits per heavy atom. The molecule has 3 heterocycles. The predicted octanol–water partition coefficient (Wildman–Crippen LogP) is 3.62. The number of nitrogens with zero attached hydrogens (tertiary/aromatic N) is 1. The number of rotatable bonds is 7. The molecule has 13 unspecified atom stereocenters. The highest BCUT2D eigenvalue weighted by molar-refractivity contribution is 5.91. The van der Waals surface area contributed by atoms with Crippen molar-refractivity contribution in [1.82, 2.24) is 4.90 Å². The molecule has 3 rings (SSSR count). The first kappa shape index (κ1) is 36.5. The predicted molar refractivity (Wildman–Crippen MR) is 166 cm³/mol. The van der Waals surface area contributed by atoms with Crippen LogP contribution < -0.4 is 0 Å². The van der Waals surface area contributed by atoms with Crippen molar-refractivity contribution in [3.05, 3.63) is 24.3 Å². The molecule has 10 heteroatoms. The van der Waals surface area contributed by atoms with E-state index in [0.29, 0.717) is 25.7 Å². The largest absolute Gasteiger partial charge is 0.462 e. The number of ether oxygens (including phenoxy) is 4. The number of aliphatic hydroxyl groups excluding tert-OH is 2. The highest BCUT2D eigenvalue weighted by Gasteiger charge is 2.55. The molecule has 0 aromatic carbocycles. The minimum absolute atomic E-state index is 0.0681. The molecule has 0 aromatic rings. The van der Waals surface area contributed by atoms with Crippen LogP contribution in [0, 0.1) is 23.7 Å². The molecule has 0 aromatic heterocycles. The zero-order valence-electron chi connectivity index (χ0n) is 28.0. The van der Waals surface area contributed by atoms with Crippen molar-refractivity contribution in [2.24, 2.45) is 23.7 Å². The Morgan fingerprint density at radius 2 is 1.82 bits per heavy atom. The van der Waals surface area contributed by atoms with Gasteiger partial charge in [-0.15, -0.1) is 0 Å². The van der Waals surface area contributed by atoms with Gasteiger partial charge in [0, 0.05) is 23.8 Å². The van der Waals surface area contributed by atoms with Crippen LogP contribution in [0.5, 0.6) is 0 Å². The molecule has 250 valence electrons. The van der Waals surface area contributed by atoms with Gasteiger partial charge in [0.2, 0.25) is 0 Å². The molecule has 44 heavy (non-hydrogen) atoms. The van der Waals surface area contributed by atoms with Gasteiger partial charge in [0.15, 0.2) is 17.9 Å². The van der Waals surface area contributed by atoms with E-state index in [1.54, 1.807) is 25.2 Å². The van der Waals surface area contributed by atoms with Gasteiger partial charge in [-0.25, -0.2) is 0 Å². The number of ketones is 2. The van der Waals surface area contributed by atoms with Gasteiger partial charge in [-0.3, -0.25) is 14.4 Å². The summed E-state index contributed by atoms with van der Waals surface area (Å²) in [5.74, 6) is -2.19. The van der Waals surface area contributed by atoms with Crippen molar-refractivity contribution in [2.75, 3.05) is 14.1 Å². The maximum atomic E-state index is 13.4. The summed E-state index contributed by atoms with van der Waals surface area (Å²) < 4.78 is 24.5. The second kappa shape index (κ2) is 15.6. The van der Waals surface area contributed by atoms with E-state index >= 15 is 0 Å². The average molecular weight is 622 g/mol. The van der Waals surface area contributed by atoms with Crippen LogP contribution >= 0.6 is 0 Å². The van der Waals surface area contributed by atoms with Crippen LogP contribution in [-0.4, -0.2) is 101 Å². The number of aliphatic hydroxyl groups is 2. The number of likely N-dealkylation sites (N-methyl/N-ethyl adjacent to an activating group) is 1. The van der Waals surface area contributed by atoms with E-state index in [4.69, 9.17) is 18.9 Å². The number of epoxide rings is 1. The van der Waals surface area contributed by atoms with Crippen LogP contribution in [0.15, 0.2) is 24.3 Å². The Morgan fingerprint density at radius 3 is 2.43 bits per heavy atom. The van der Waals surface area contributed by atoms with E-state index in [-0.39, 0.29) is 48.1 Å². The summed E-state index contributed by atoms with van der Waals surface area (Å²) in [7, 11) is 3.78. The second-order valence-corrected chi connectivity index (χ2v) is 13.7. The Kier molecular flexibility index (Phi) is 12.9. The zero-order chi connectivity index (χ0) is 32.9. The van der Waals surface area contributed by atoms with Crippen molar-refractivity contribution in [3.63, 3.8) is 0 Å². The van der Waals surface area contributed by atoms with Crippen LogP contribution in [0.2, 0.25) is 0 Å². The van der Waals surface area contributed by atoms with E-state index < -0.39 is 54.1 Å². The minimum Gasteiger partial charge on any atom is -0.462 e. The lowest BCUT2D eigenvalue weighted by atomic mass is 9.79. The molecule has 0 bridgehead atoms. The molecule has 3 aliphatic rings. The van der Waals surface area contributed by atoms with E-state index in [1.807, 2.05) is 53.6 Å². The molecule has 10 nitrogen and oxygen atoms in total. The lowest BCUT2D eigenvalue weighted by molar-refractivity contribution is -0.283. The van der Waals surface area contributed by atoms with E-state index in [2.05, 4.69) is 0 Å².